The van der Waals surface area contributed by atoms with Crippen molar-refractivity contribution in [1.82, 2.24) is 9.80 Å². The van der Waals surface area contributed by atoms with Gasteiger partial charge in [0, 0.05) is 49.3 Å². The number of aryl methyl sites for hydroxylation is 1. The molecule has 0 unspecified atom stereocenters. The van der Waals surface area contributed by atoms with Gasteiger partial charge in [-0.3, -0.25) is 9.59 Å². The first kappa shape index (κ1) is 26.2. The van der Waals surface area contributed by atoms with Gasteiger partial charge in [-0.2, -0.15) is 0 Å². The minimum absolute atomic E-state index is 0.0112. The topological polar surface area (TPSA) is 85.0 Å². The molecule has 0 atom stereocenters. The van der Waals surface area contributed by atoms with Crippen LogP contribution in [0.4, 0.5) is 21.9 Å². The van der Waals surface area contributed by atoms with Crippen molar-refractivity contribution >= 4 is 46.2 Å². The van der Waals surface area contributed by atoms with Crippen molar-refractivity contribution in [2.75, 3.05) is 48.3 Å². The zero-order chi connectivity index (χ0) is 26.4. The summed E-state index contributed by atoms with van der Waals surface area (Å²) < 4.78 is 0. The van der Waals surface area contributed by atoms with Crippen LogP contribution in [0.1, 0.15) is 29.1 Å². The van der Waals surface area contributed by atoms with Crippen molar-refractivity contribution in [3.8, 4) is 0 Å². The summed E-state index contributed by atoms with van der Waals surface area (Å²) >= 11 is 1.37. The number of benzene rings is 2. The van der Waals surface area contributed by atoms with Crippen LogP contribution in [0.5, 0.6) is 0 Å². The standard InChI is InChI=1S/C28H33N5O3S/c1-20(2)33(27(35)25-8-5-17-37-25)19-26(34)29-22-9-11-24(12-10-22)31-13-15-32(16-14-31)28(36)30-23-7-4-6-21(3)18-23/h4-12,17-18,20H,13-16,19H2,1-3H3,(H,29,34)(H,30,36). The molecule has 4 amide bonds. The third kappa shape index (κ3) is 6.89. The average Bonchev–Trinajstić information content (AvgIpc) is 3.42. The maximum Gasteiger partial charge on any atom is 0.321 e. The molecule has 4 rings (SSSR count). The molecule has 2 aromatic carbocycles. The summed E-state index contributed by atoms with van der Waals surface area (Å²) in [6.45, 7) is 8.49. The molecule has 37 heavy (non-hydrogen) atoms. The van der Waals surface area contributed by atoms with Gasteiger partial charge in [0.15, 0.2) is 0 Å². The molecular weight excluding hydrogens is 486 g/mol. The van der Waals surface area contributed by atoms with Crippen LogP contribution in [-0.4, -0.2) is 66.4 Å². The number of urea groups is 1. The van der Waals surface area contributed by atoms with E-state index in [1.807, 2.05) is 85.6 Å². The normalized spacial score (nSPS) is 13.4. The van der Waals surface area contributed by atoms with E-state index in [1.165, 1.54) is 11.3 Å². The summed E-state index contributed by atoms with van der Waals surface area (Å²) in [5.41, 5.74) is 3.62. The highest BCUT2D eigenvalue weighted by Crippen LogP contribution is 2.21. The second-order valence-electron chi connectivity index (χ2n) is 9.37. The highest BCUT2D eigenvalue weighted by molar-refractivity contribution is 7.12. The minimum Gasteiger partial charge on any atom is -0.368 e. The fourth-order valence-corrected chi connectivity index (χ4v) is 4.91. The van der Waals surface area contributed by atoms with Crippen molar-refractivity contribution in [2.24, 2.45) is 0 Å². The lowest BCUT2D eigenvalue weighted by Crippen LogP contribution is -2.50. The van der Waals surface area contributed by atoms with Crippen molar-refractivity contribution in [2.45, 2.75) is 26.8 Å². The summed E-state index contributed by atoms with van der Waals surface area (Å²) in [4.78, 5) is 44.3. The molecule has 8 nitrogen and oxygen atoms in total. The first-order valence-corrected chi connectivity index (χ1v) is 13.3. The van der Waals surface area contributed by atoms with Gasteiger partial charge in [-0.25, -0.2) is 4.79 Å². The zero-order valence-electron chi connectivity index (χ0n) is 21.4. The van der Waals surface area contributed by atoms with Gasteiger partial charge in [0.2, 0.25) is 5.91 Å². The molecule has 1 aromatic heterocycles. The van der Waals surface area contributed by atoms with Crippen LogP contribution in [0, 0.1) is 6.92 Å². The Morgan fingerprint density at radius 1 is 0.919 bits per heavy atom. The second-order valence-corrected chi connectivity index (χ2v) is 10.3. The highest BCUT2D eigenvalue weighted by Gasteiger charge is 2.23. The summed E-state index contributed by atoms with van der Waals surface area (Å²) in [5, 5.41) is 7.72. The zero-order valence-corrected chi connectivity index (χ0v) is 22.3. The van der Waals surface area contributed by atoms with E-state index in [2.05, 4.69) is 15.5 Å². The molecule has 3 aromatic rings. The third-order valence-electron chi connectivity index (χ3n) is 6.28. The Bertz CT molecular complexity index is 1220. The first-order chi connectivity index (χ1) is 17.8. The molecule has 1 fully saturated rings. The van der Waals surface area contributed by atoms with Gasteiger partial charge in [0.1, 0.15) is 6.54 Å². The average molecular weight is 520 g/mol. The first-order valence-electron chi connectivity index (χ1n) is 12.4. The minimum atomic E-state index is -0.236. The number of rotatable bonds is 7. The molecule has 0 aliphatic carbocycles. The van der Waals surface area contributed by atoms with E-state index in [1.54, 1.807) is 11.0 Å². The molecule has 0 spiro atoms. The monoisotopic (exact) mass is 519 g/mol. The Morgan fingerprint density at radius 2 is 1.65 bits per heavy atom. The SMILES string of the molecule is Cc1cccc(NC(=O)N2CCN(c3ccc(NC(=O)CN(C(=O)c4cccs4)C(C)C)cc3)CC2)c1. The van der Waals surface area contributed by atoms with E-state index in [-0.39, 0.29) is 30.4 Å². The lowest BCUT2D eigenvalue weighted by atomic mass is 10.2. The third-order valence-corrected chi connectivity index (χ3v) is 7.14. The van der Waals surface area contributed by atoms with Crippen LogP contribution in [-0.2, 0) is 4.79 Å². The predicted octanol–water partition coefficient (Wildman–Crippen LogP) is 4.90. The van der Waals surface area contributed by atoms with E-state index in [4.69, 9.17) is 0 Å². The van der Waals surface area contributed by atoms with Gasteiger partial charge in [0.05, 0.1) is 4.88 Å². The molecule has 1 aliphatic heterocycles. The highest BCUT2D eigenvalue weighted by atomic mass is 32.1. The van der Waals surface area contributed by atoms with E-state index in [9.17, 15) is 14.4 Å². The maximum atomic E-state index is 12.7. The molecule has 9 heteroatoms. The Balaban J connectivity index is 1.27. The van der Waals surface area contributed by atoms with Gasteiger partial charge >= 0.3 is 6.03 Å². The maximum absolute atomic E-state index is 12.7. The van der Waals surface area contributed by atoms with E-state index >= 15 is 0 Å². The number of amides is 4. The summed E-state index contributed by atoms with van der Waals surface area (Å²) in [5.74, 6) is -0.373. The molecule has 1 aliphatic rings. The smallest absolute Gasteiger partial charge is 0.321 e. The molecule has 0 radical (unpaired) electrons. The number of nitrogens with zero attached hydrogens (tertiary/aromatic N) is 3. The van der Waals surface area contributed by atoms with Gasteiger partial charge in [0.25, 0.3) is 5.91 Å². The lowest BCUT2D eigenvalue weighted by molar-refractivity contribution is -0.117. The van der Waals surface area contributed by atoms with Crippen LogP contribution in [0.25, 0.3) is 0 Å². The van der Waals surface area contributed by atoms with Crippen LogP contribution in [0.3, 0.4) is 0 Å². The number of anilines is 3. The predicted molar refractivity (Wildman–Crippen MR) is 150 cm³/mol. The molecule has 0 saturated carbocycles. The Kier molecular flexibility index (Phi) is 8.45. The number of piperazine rings is 1. The van der Waals surface area contributed by atoms with Crippen LogP contribution >= 0.6 is 11.3 Å². The largest absolute Gasteiger partial charge is 0.368 e. The number of hydrogen-bond donors (Lipinski definition) is 2. The lowest BCUT2D eigenvalue weighted by Gasteiger charge is -2.36. The van der Waals surface area contributed by atoms with Crippen LogP contribution < -0.4 is 15.5 Å². The number of nitrogens with one attached hydrogen (secondary N) is 2. The van der Waals surface area contributed by atoms with Crippen LogP contribution in [0.2, 0.25) is 0 Å². The molecule has 194 valence electrons. The Labute approximate surface area is 221 Å². The van der Waals surface area contributed by atoms with Crippen LogP contribution in [0.15, 0.2) is 66.0 Å². The van der Waals surface area contributed by atoms with E-state index in [0.717, 1.165) is 30.0 Å². The second kappa shape index (κ2) is 11.9. The quantitative estimate of drug-likeness (QED) is 0.465. The molecule has 1 saturated heterocycles. The van der Waals surface area contributed by atoms with Crippen molar-refractivity contribution in [1.29, 1.82) is 0 Å². The molecule has 0 bridgehead atoms. The van der Waals surface area contributed by atoms with Gasteiger partial charge in [-0.1, -0.05) is 18.2 Å². The van der Waals surface area contributed by atoms with Gasteiger partial charge in [-0.15, -0.1) is 11.3 Å². The van der Waals surface area contributed by atoms with Crippen molar-refractivity contribution in [3.05, 3.63) is 76.5 Å². The summed E-state index contributed by atoms with van der Waals surface area (Å²) in [6, 6.07) is 18.9. The van der Waals surface area contributed by atoms with E-state index in [0.29, 0.717) is 23.7 Å². The molecule has 2 N–H and O–H groups in total. The number of hydrogen-bond acceptors (Lipinski definition) is 5. The summed E-state index contributed by atoms with van der Waals surface area (Å²) in [6.07, 6.45) is 0. The van der Waals surface area contributed by atoms with E-state index < -0.39 is 0 Å². The Hall–Kier alpha value is -3.85. The number of carbonyl (C=O) groups is 3. The van der Waals surface area contributed by atoms with Gasteiger partial charge in [-0.05, 0) is 74.2 Å². The molecule has 2 heterocycles. The van der Waals surface area contributed by atoms with Crippen molar-refractivity contribution in [3.63, 3.8) is 0 Å². The fourth-order valence-electron chi connectivity index (χ4n) is 4.23. The number of thiophene rings is 1. The van der Waals surface area contributed by atoms with Crippen molar-refractivity contribution < 1.29 is 14.4 Å². The van der Waals surface area contributed by atoms with Gasteiger partial charge < -0.3 is 25.3 Å². The fraction of sp³-hybridized carbons (Fsp3) is 0.321. The Morgan fingerprint density at radius 3 is 2.27 bits per heavy atom. The number of carbonyl (C=O) groups excluding carboxylic acids is 3. The summed E-state index contributed by atoms with van der Waals surface area (Å²) in [7, 11) is 0. The molecular formula is C28H33N5O3S.